The highest BCUT2D eigenvalue weighted by molar-refractivity contribution is 5.46. The lowest BCUT2D eigenvalue weighted by molar-refractivity contribution is 0.291. The highest BCUT2D eigenvalue weighted by Crippen LogP contribution is 2.22. The highest BCUT2D eigenvalue weighted by Gasteiger charge is 2.21. The van der Waals surface area contributed by atoms with Crippen LogP contribution >= 0.6 is 0 Å². The van der Waals surface area contributed by atoms with Gasteiger partial charge < -0.3 is 10.2 Å². The molecule has 19 heavy (non-hydrogen) atoms. The molecule has 0 amide bonds. The molecule has 0 atom stereocenters. The van der Waals surface area contributed by atoms with Gasteiger partial charge in [-0.2, -0.15) is 0 Å². The van der Waals surface area contributed by atoms with Crippen molar-refractivity contribution >= 4 is 5.69 Å². The Labute approximate surface area is 118 Å². The number of benzene rings is 1. The van der Waals surface area contributed by atoms with Crippen LogP contribution in [-0.4, -0.2) is 25.7 Å². The quantitative estimate of drug-likeness (QED) is 0.869. The van der Waals surface area contributed by atoms with E-state index in [1.807, 2.05) is 0 Å². The molecule has 0 radical (unpaired) electrons. The van der Waals surface area contributed by atoms with Gasteiger partial charge in [0.25, 0.3) is 0 Å². The Hall–Kier alpha value is -1.02. The third-order valence-electron chi connectivity index (χ3n) is 4.44. The van der Waals surface area contributed by atoms with E-state index in [4.69, 9.17) is 0 Å². The summed E-state index contributed by atoms with van der Waals surface area (Å²) in [5.41, 5.74) is 1.80. The Morgan fingerprint density at radius 1 is 1.16 bits per heavy atom. The maximum atomic E-state index is 3.76. The second-order valence-electron chi connectivity index (χ2n) is 6.50. The summed E-state index contributed by atoms with van der Waals surface area (Å²) in [5, 5.41) is 3.76. The zero-order valence-electron chi connectivity index (χ0n) is 12.7. The maximum absolute atomic E-state index is 3.76. The fourth-order valence-electron chi connectivity index (χ4n) is 2.53. The minimum absolute atomic E-state index is 0.427. The molecule has 0 aliphatic carbocycles. The third kappa shape index (κ3) is 4.24. The van der Waals surface area contributed by atoms with Crippen LogP contribution in [-0.2, 0) is 0 Å². The number of hydrogen-bond acceptors (Lipinski definition) is 2. The summed E-state index contributed by atoms with van der Waals surface area (Å²) in [6.07, 6.45) is 3.76. The molecular weight excluding hydrogens is 232 g/mol. The molecule has 2 nitrogen and oxygen atoms in total. The molecule has 2 rings (SSSR count). The smallest absolute Gasteiger partial charge is 0.0366 e. The van der Waals surface area contributed by atoms with Crippen LogP contribution in [0.25, 0.3) is 0 Å². The normalized spacial score (nSPS) is 17.7. The van der Waals surface area contributed by atoms with Crippen LogP contribution in [0.15, 0.2) is 30.3 Å². The molecule has 1 fully saturated rings. The van der Waals surface area contributed by atoms with E-state index in [0.717, 1.165) is 6.54 Å². The van der Waals surface area contributed by atoms with Gasteiger partial charge in [0.15, 0.2) is 0 Å². The molecule has 1 N–H and O–H groups in total. The van der Waals surface area contributed by atoms with Gasteiger partial charge in [0.2, 0.25) is 0 Å². The predicted octanol–water partition coefficient (Wildman–Crippen LogP) is 3.68. The fraction of sp³-hybridized carbons (Fsp3) is 0.647. The van der Waals surface area contributed by atoms with E-state index in [2.05, 4.69) is 61.3 Å². The summed E-state index contributed by atoms with van der Waals surface area (Å²) in [6, 6.07) is 11.5. The summed E-state index contributed by atoms with van der Waals surface area (Å²) in [6.45, 7) is 10.5. The largest absolute Gasteiger partial charge is 0.371 e. The van der Waals surface area contributed by atoms with E-state index < -0.39 is 0 Å². The molecule has 1 saturated heterocycles. The number of anilines is 1. The molecule has 0 spiro atoms. The summed E-state index contributed by atoms with van der Waals surface area (Å²) in [7, 11) is 0. The van der Waals surface area contributed by atoms with Crippen LogP contribution in [0.5, 0.6) is 0 Å². The van der Waals surface area contributed by atoms with Gasteiger partial charge in [-0.1, -0.05) is 39.0 Å². The van der Waals surface area contributed by atoms with Crippen LogP contribution in [0.1, 0.15) is 40.0 Å². The minimum Gasteiger partial charge on any atom is -0.371 e. The van der Waals surface area contributed by atoms with Crippen LogP contribution in [0.3, 0.4) is 0 Å². The summed E-state index contributed by atoms with van der Waals surface area (Å²) in [4.78, 5) is 2.50. The lowest BCUT2D eigenvalue weighted by atomic mass is 9.89. The molecule has 1 aromatic carbocycles. The van der Waals surface area contributed by atoms with Crippen molar-refractivity contribution in [3.8, 4) is 0 Å². The summed E-state index contributed by atoms with van der Waals surface area (Å²) in [5.74, 6) is 0. The average Bonchev–Trinajstić information content (AvgIpc) is 2.47. The molecular formula is C17H28N2. The Morgan fingerprint density at radius 3 is 2.37 bits per heavy atom. The number of rotatable bonds is 5. The van der Waals surface area contributed by atoms with E-state index in [9.17, 15) is 0 Å². The number of para-hydroxylation sites is 1. The molecule has 0 aromatic heterocycles. The number of nitrogens with one attached hydrogen (secondary N) is 1. The van der Waals surface area contributed by atoms with Crippen LogP contribution in [0.2, 0.25) is 0 Å². The molecule has 1 aromatic rings. The number of nitrogens with zero attached hydrogens (tertiary/aromatic N) is 1. The first-order chi connectivity index (χ1) is 9.11. The molecule has 1 heterocycles. The molecule has 1 aliphatic heterocycles. The Bertz CT molecular complexity index is 364. The first-order valence-corrected chi connectivity index (χ1v) is 7.64. The molecule has 2 heteroatoms. The highest BCUT2D eigenvalue weighted by atomic mass is 15.1. The average molecular weight is 260 g/mol. The standard InChI is InChI=1S/C17H28N2/c1-4-17(2,3)14-18-15-10-12-19(13-11-15)16-8-6-5-7-9-16/h5-9,15,18H,4,10-14H2,1-3H3. The first kappa shape index (κ1) is 14.4. The number of hydrogen-bond donors (Lipinski definition) is 1. The maximum Gasteiger partial charge on any atom is 0.0366 e. The SMILES string of the molecule is CCC(C)(C)CNC1CCN(c2ccccc2)CC1. The van der Waals surface area contributed by atoms with E-state index in [0.29, 0.717) is 11.5 Å². The predicted molar refractivity (Wildman–Crippen MR) is 83.8 cm³/mol. The molecule has 106 valence electrons. The lowest BCUT2D eigenvalue weighted by Gasteiger charge is -2.35. The second-order valence-corrected chi connectivity index (χ2v) is 6.50. The van der Waals surface area contributed by atoms with Crippen molar-refractivity contribution in [3.63, 3.8) is 0 Å². The zero-order valence-corrected chi connectivity index (χ0v) is 12.7. The van der Waals surface area contributed by atoms with Gasteiger partial charge in [0.1, 0.15) is 0 Å². The van der Waals surface area contributed by atoms with Crippen molar-refractivity contribution in [1.82, 2.24) is 5.32 Å². The van der Waals surface area contributed by atoms with E-state index in [1.54, 1.807) is 0 Å². The van der Waals surface area contributed by atoms with Gasteiger partial charge >= 0.3 is 0 Å². The van der Waals surface area contributed by atoms with Crippen molar-refractivity contribution in [3.05, 3.63) is 30.3 Å². The lowest BCUT2D eigenvalue weighted by Crippen LogP contribution is -2.45. The van der Waals surface area contributed by atoms with E-state index in [1.165, 1.54) is 38.0 Å². The first-order valence-electron chi connectivity index (χ1n) is 7.64. The van der Waals surface area contributed by atoms with Crippen molar-refractivity contribution < 1.29 is 0 Å². The monoisotopic (exact) mass is 260 g/mol. The Morgan fingerprint density at radius 2 is 1.79 bits per heavy atom. The summed E-state index contributed by atoms with van der Waals surface area (Å²) >= 11 is 0. The van der Waals surface area contributed by atoms with Crippen LogP contribution in [0, 0.1) is 5.41 Å². The molecule has 0 unspecified atom stereocenters. The van der Waals surface area contributed by atoms with Crippen LogP contribution in [0.4, 0.5) is 5.69 Å². The second kappa shape index (κ2) is 6.42. The molecule has 1 aliphatic rings. The zero-order chi connectivity index (χ0) is 13.7. The van der Waals surface area contributed by atoms with Gasteiger partial charge in [-0.05, 0) is 36.8 Å². The van der Waals surface area contributed by atoms with E-state index in [-0.39, 0.29) is 0 Å². The Balaban J connectivity index is 1.77. The van der Waals surface area contributed by atoms with Gasteiger partial charge in [-0.3, -0.25) is 0 Å². The summed E-state index contributed by atoms with van der Waals surface area (Å²) < 4.78 is 0. The van der Waals surface area contributed by atoms with Crippen molar-refractivity contribution in [2.24, 2.45) is 5.41 Å². The van der Waals surface area contributed by atoms with Crippen molar-refractivity contribution in [2.45, 2.75) is 46.1 Å². The molecule has 0 bridgehead atoms. The molecule has 0 saturated carbocycles. The van der Waals surface area contributed by atoms with Gasteiger partial charge in [0, 0.05) is 31.4 Å². The Kier molecular flexibility index (Phi) is 4.87. The number of piperidine rings is 1. The van der Waals surface area contributed by atoms with Gasteiger partial charge in [-0.15, -0.1) is 0 Å². The van der Waals surface area contributed by atoms with Crippen LogP contribution < -0.4 is 10.2 Å². The topological polar surface area (TPSA) is 15.3 Å². The van der Waals surface area contributed by atoms with Crippen molar-refractivity contribution in [2.75, 3.05) is 24.5 Å². The van der Waals surface area contributed by atoms with Gasteiger partial charge in [-0.25, -0.2) is 0 Å². The third-order valence-corrected chi connectivity index (χ3v) is 4.44. The van der Waals surface area contributed by atoms with Crippen molar-refractivity contribution in [1.29, 1.82) is 0 Å². The fourth-order valence-corrected chi connectivity index (χ4v) is 2.53. The minimum atomic E-state index is 0.427. The van der Waals surface area contributed by atoms with E-state index >= 15 is 0 Å². The van der Waals surface area contributed by atoms with Gasteiger partial charge in [0.05, 0.1) is 0 Å².